The molecule has 0 aliphatic carbocycles. The molecule has 3 rings (SSSR count). The van der Waals surface area contributed by atoms with Crippen LogP contribution >= 0.6 is 0 Å². The molecule has 34 heavy (non-hydrogen) atoms. The van der Waals surface area contributed by atoms with E-state index in [0.717, 1.165) is 36.8 Å². The van der Waals surface area contributed by atoms with Crippen molar-refractivity contribution in [1.29, 1.82) is 0 Å². The fourth-order valence-electron chi connectivity index (χ4n) is 4.50. The van der Waals surface area contributed by atoms with E-state index < -0.39 is 10.0 Å². The van der Waals surface area contributed by atoms with Crippen LogP contribution in [0.5, 0.6) is 0 Å². The topological polar surface area (TPSA) is 74.8 Å². The van der Waals surface area contributed by atoms with E-state index >= 15 is 0 Å². The summed E-state index contributed by atoms with van der Waals surface area (Å²) in [5, 5.41) is 0. The molecule has 1 aliphatic heterocycles. The maximum atomic E-state index is 13.3. The standard InChI is InChI=1S/C27H36N2O4S/c1-21-9-8-10-23(15-21)16-25(30)19-28(3)20-26(31)17-24-12-11-22(2)27(18-24)34(32,33)29-13-6-4-5-7-14-29/h8-12,15,18H,4-7,13-14,16-17,19-20H2,1-3H3. The SMILES string of the molecule is Cc1cccc(CC(=O)CN(C)CC(=O)Cc2ccc(C)c(S(=O)(=O)N3CCCCCC3)c2)c1. The molecule has 1 aliphatic rings. The summed E-state index contributed by atoms with van der Waals surface area (Å²) < 4.78 is 28.1. The maximum absolute atomic E-state index is 13.3. The van der Waals surface area contributed by atoms with Gasteiger partial charge in [0, 0.05) is 25.9 Å². The lowest BCUT2D eigenvalue weighted by Crippen LogP contribution is -2.33. The number of carbonyl (C=O) groups excluding carboxylic acids is 2. The van der Waals surface area contributed by atoms with Gasteiger partial charge in [-0.2, -0.15) is 4.31 Å². The predicted octanol–water partition coefficient (Wildman–Crippen LogP) is 3.72. The van der Waals surface area contributed by atoms with Gasteiger partial charge in [0.05, 0.1) is 18.0 Å². The van der Waals surface area contributed by atoms with Crippen LogP contribution in [-0.4, -0.2) is 62.4 Å². The third kappa shape index (κ3) is 7.32. The van der Waals surface area contributed by atoms with Crippen molar-refractivity contribution in [2.75, 3.05) is 33.2 Å². The van der Waals surface area contributed by atoms with Crippen molar-refractivity contribution in [1.82, 2.24) is 9.21 Å². The zero-order chi connectivity index (χ0) is 24.7. The third-order valence-corrected chi connectivity index (χ3v) is 8.25. The van der Waals surface area contributed by atoms with Gasteiger partial charge in [-0.25, -0.2) is 8.42 Å². The van der Waals surface area contributed by atoms with Gasteiger partial charge >= 0.3 is 0 Å². The number of likely N-dealkylation sites (N-methyl/N-ethyl adjacent to an activating group) is 1. The lowest BCUT2D eigenvalue weighted by atomic mass is 10.1. The van der Waals surface area contributed by atoms with Crippen LogP contribution in [0.25, 0.3) is 0 Å². The molecule has 6 nitrogen and oxygen atoms in total. The molecule has 0 saturated carbocycles. The van der Waals surface area contributed by atoms with Crippen molar-refractivity contribution in [3.8, 4) is 0 Å². The fraction of sp³-hybridized carbons (Fsp3) is 0.481. The monoisotopic (exact) mass is 484 g/mol. The number of Topliss-reactive ketones (excluding diaryl/α,β-unsaturated/α-hetero) is 2. The Morgan fingerprint density at radius 1 is 0.853 bits per heavy atom. The van der Waals surface area contributed by atoms with E-state index in [2.05, 4.69) is 0 Å². The Morgan fingerprint density at radius 2 is 1.44 bits per heavy atom. The van der Waals surface area contributed by atoms with E-state index in [-0.39, 0.29) is 31.1 Å². The van der Waals surface area contributed by atoms with E-state index in [1.165, 1.54) is 0 Å². The molecule has 0 amide bonds. The number of ketones is 2. The Bertz CT molecular complexity index is 1120. The van der Waals surface area contributed by atoms with Gasteiger partial charge in [0.2, 0.25) is 10.0 Å². The van der Waals surface area contributed by atoms with Crippen LogP contribution in [0.15, 0.2) is 47.4 Å². The Hall–Kier alpha value is -2.35. The highest BCUT2D eigenvalue weighted by Crippen LogP contribution is 2.24. The number of hydrogen-bond donors (Lipinski definition) is 0. The number of nitrogens with zero attached hydrogens (tertiary/aromatic N) is 2. The first-order valence-corrected chi connectivity index (χ1v) is 13.5. The van der Waals surface area contributed by atoms with Gasteiger partial charge in [0.1, 0.15) is 0 Å². The molecule has 0 atom stereocenters. The summed E-state index contributed by atoms with van der Waals surface area (Å²) in [4.78, 5) is 27.1. The van der Waals surface area contributed by atoms with Crippen LogP contribution in [0.2, 0.25) is 0 Å². The molecule has 0 unspecified atom stereocenters. The van der Waals surface area contributed by atoms with Gasteiger partial charge in [-0.05, 0) is 56.5 Å². The van der Waals surface area contributed by atoms with Gasteiger partial charge < -0.3 is 0 Å². The molecule has 184 valence electrons. The molecule has 1 heterocycles. The Kier molecular flexibility index (Phi) is 9.17. The summed E-state index contributed by atoms with van der Waals surface area (Å²) >= 11 is 0. The fourth-order valence-corrected chi connectivity index (χ4v) is 6.29. The smallest absolute Gasteiger partial charge is 0.243 e. The summed E-state index contributed by atoms with van der Waals surface area (Å²) in [5.74, 6) is 0.00916. The number of aryl methyl sites for hydroxylation is 2. The van der Waals surface area contributed by atoms with E-state index in [0.29, 0.717) is 35.5 Å². The number of carbonyl (C=O) groups is 2. The van der Waals surface area contributed by atoms with E-state index in [9.17, 15) is 18.0 Å². The van der Waals surface area contributed by atoms with Crippen molar-refractivity contribution in [2.24, 2.45) is 0 Å². The summed E-state index contributed by atoms with van der Waals surface area (Å²) in [6.07, 6.45) is 4.35. The van der Waals surface area contributed by atoms with Crippen LogP contribution in [0.4, 0.5) is 0 Å². The highest BCUT2D eigenvalue weighted by Gasteiger charge is 2.27. The van der Waals surface area contributed by atoms with E-state index in [1.54, 1.807) is 35.3 Å². The summed E-state index contributed by atoms with van der Waals surface area (Å²) in [5.41, 5.74) is 3.47. The average Bonchev–Trinajstić information content (AvgIpc) is 3.05. The lowest BCUT2D eigenvalue weighted by Gasteiger charge is -2.21. The third-order valence-electron chi connectivity index (χ3n) is 6.21. The zero-order valence-electron chi connectivity index (χ0n) is 20.5. The van der Waals surface area contributed by atoms with Crippen molar-refractivity contribution in [2.45, 2.75) is 57.3 Å². The first-order chi connectivity index (χ1) is 16.1. The summed E-state index contributed by atoms with van der Waals surface area (Å²) in [6.45, 7) is 5.22. The Balaban J connectivity index is 1.59. The molecule has 2 aromatic rings. The molecular formula is C27H36N2O4S. The highest BCUT2D eigenvalue weighted by molar-refractivity contribution is 7.89. The van der Waals surface area contributed by atoms with Gasteiger partial charge in [-0.3, -0.25) is 14.5 Å². The van der Waals surface area contributed by atoms with Gasteiger partial charge in [-0.15, -0.1) is 0 Å². The van der Waals surface area contributed by atoms with Crippen molar-refractivity contribution in [3.63, 3.8) is 0 Å². The largest absolute Gasteiger partial charge is 0.298 e. The second-order valence-corrected chi connectivity index (χ2v) is 11.4. The number of hydrogen-bond acceptors (Lipinski definition) is 5. The zero-order valence-corrected chi connectivity index (χ0v) is 21.4. The molecule has 1 saturated heterocycles. The summed E-state index contributed by atoms with van der Waals surface area (Å²) in [7, 11) is -1.82. The number of rotatable bonds is 10. The lowest BCUT2D eigenvalue weighted by molar-refractivity contribution is -0.121. The van der Waals surface area contributed by atoms with E-state index in [4.69, 9.17) is 0 Å². The van der Waals surface area contributed by atoms with Crippen molar-refractivity contribution < 1.29 is 18.0 Å². The average molecular weight is 485 g/mol. The van der Waals surface area contributed by atoms with Gasteiger partial charge in [-0.1, -0.05) is 54.8 Å². The number of sulfonamides is 1. The van der Waals surface area contributed by atoms with Crippen LogP contribution in [0, 0.1) is 13.8 Å². The molecule has 1 fully saturated rings. The van der Waals surface area contributed by atoms with Crippen molar-refractivity contribution in [3.05, 3.63) is 64.7 Å². The highest BCUT2D eigenvalue weighted by atomic mass is 32.2. The molecule has 2 aromatic carbocycles. The molecule has 0 bridgehead atoms. The number of benzene rings is 2. The van der Waals surface area contributed by atoms with Gasteiger partial charge in [0.15, 0.2) is 11.6 Å². The molecule has 0 spiro atoms. The second-order valence-electron chi connectivity index (χ2n) is 9.51. The minimum atomic E-state index is -3.58. The van der Waals surface area contributed by atoms with Crippen LogP contribution < -0.4 is 0 Å². The normalized spacial score (nSPS) is 15.3. The van der Waals surface area contributed by atoms with Crippen LogP contribution in [0.3, 0.4) is 0 Å². The Morgan fingerprint density at radius 3 is 2.03 bits per heavy atom. The predicted molar refractivity (Wildman–Crippen MR) is 135 cm³/mol. The first-order valence-electron chi connectivity index (χ1n) is 12.0. The Labute approximate surface area is 204 Å². The first kappa shape index (κ1) is 26.3. The molecule has 0 radical (unpaired) electrons. The van der Waals surface area contributed by atoms with E-state index in [1.807, 2.05) is 37.3 Å². The van der Waals surface area contributed by atoms with Crippen LogP contribution in [-0.2, 0) is 32.5 Å². The molecule has 0 N–H and O–H groups in total. The van der Waals surface area contributed by atoms with Crippen molar-refractivity contribution >= 4 is 21.6 Å². The maximum Gasteiger partial charge on any atom is 0.243 e. The van der Waals surface area contributed by atoms with Gasteiger partial charge in [0.25, 0.3) is 0 Å². The second kappa shape index (κ2) is 11.9. The molecule has 0 aromatic heterocycles. The summed E-state index contributed by atoms with van der Waals surface area (Å²) in [6, 6.07) is 13.1. The molecular weight excluding hydrogens is 448 g/mol. The molecule has 7 heteroatoms. The quantitative estimate of drug-likeness (QED) is 0.514. The minimum absolute atomic E-state index is 0.0483. The minimum Gasteiger partial charge on any atom is -0.298 e. The van der Waals surface area contributed by atoms with Crippen LogP contribution in [0.1, 0.15) is 47.9 Å².